The molecule has 20 heavy (non-hydrogen) atoms. The van der Waals surface area contributed by atoms with Crippen molar-refractivity contribution >= 4 is 5.91 Å². The molecule has 0 bridgehead atoms. The minimum atomic E-state index is -0.140. The van der Waals surface area contributed by atoms with Crippen LogP contribution in [0.2, 0.25) is 0 Å². The molecule has 0 spiro atoms. The third-order valence-corrected chi connectivity index (χ3v) is 4.51. The van der Waals surface area contributed by atoms with Gasteiger partial charge in [0, 0.05) is 18.0 Å². The molecule has 0 aromatic heterocycles. The van der Waals surface area contributed by atoms with E-state index in [1.165, 1.54) is 0 Å². The minimum absolute atomic E-state index is 0.0108. The van der Waals surface area contributed by atoms with Crippen molar-refractivity contribution < 1.29 is 19.4 Å². The Kier molecular flexibility index (Phi) is 2.72. The molecule has 5 nitrogen and oxygen atoms in total. The molecule has 1 saturated heterocycles. The van der Waals surface area contributed by atoms with Gasteiger partial charge in [0.25, 0.3) is 0 Å². The second kappa shape index (κ2) is 4.46. The molecule has 3 aliphatic rings. The number of aliphatic hydroxyl groups excluding tert-OH is 1. The molecular weight excluding hydrogens is 258 g/mol. The summed E-state index contributed by atoms with van der Waals surface area (Å²) in [5.41, 5.74) is 1.11. The SMILES string of the molecule is O=C(NCCO)C1C[C@H]2O[C@H]2[C@H]2Oc3ccccc3[C@@H]12. The van der Waals surface area contributed by atoms with Gasteiger partial charge < -0.3 is 19.9 Å². The normalized spacial score (nSPS) is 36.4. The second-order valence-corrected chi connectivity index (χ2v) is 5.64. The summed E-state index contributed by atoms with van der Waals surface area (Å²) in [6, 6.07) is 7.91. The third-order valence-electron chi connectivity index (χ3n) is 4.51. The summed E-state index contributed by atoms with van der Waals surface area (Å²) in [4.78, 5) is 12.3. The van der Waals surface area contributed by atoms with Crippen LogP contribution in [0, 0.1) is 5.92 Å². The molecule has 1 unspecified atom stereocenters. The Bertz CT molecular complexity index is 546. The lowest BCUT2D eigenvalue weighted by Gasteiger charge is -2.29. The van der Waals surface area contributed by atoms with E-state index in [0.717, 1.165) is 17.7 Å². The van der Waals surface area contributed by atoms with E-state index in [-0.39, 0.29) is 42.7 Å². The molecule has 2 N–H and O–H groups in total. The number of hydrogen-bond acceptors (Lipinski definition) is 4. The zero-order chi connectivity index (χ0) is 13.7. The Morgan fingerprint density at radius 1 is 1.35 bits per heavy atom. The van der Waals surface area contributed by atoms with Gasteiger partial charge in [0.1, 0.15) is 18.0 Å². The Morgan fingerprint density at radius 3 is 3.05 bits per heavy atom. The average Bonchev–Trinajstić information content (AvgIpc) is 3.16. The number of carbonyl (C=O) groups is 1. The molecule has 2 fully saturated rings. The van der Waals surface area contributed by atoms with Crippen LogP contribution in [-0.2, 0) is 9.53 Å². The van der Waals surface area contributed by atoms with Crippen molar-refractivity contribution in [2.45, 2.75) is 30.7 Å². The van der Waals surface area contributed by atoms with Crippen LogP contribution in [-0.4, -0.2) is 42.5 Å². The van der Waals surface area contributed by atoms with Crippen molar-refractivity contribution in [1.29, 1.82) is 0 Å². The van der Waals surface area contributed by atoms with Gasteiger partial charge in [-0.2, -0.15) is 0 Å². The Labute approximate surface area is 116 Å². The highest BCUT2D eigenvalue weighted by atomic mass is 16.6. The van der Waals surface area contributed by atoms with Gasteiger partial charge in [0.15, 0.2) is 0 Å². The van der Waals surface area contributed by atoms with Crippen molar-refractivity contribution in [3.8, 4) is 5.75 Å². The quantitative estimate of drug-likeness (QED) is 0.785. The number of para-hydroxylation sites is 1. The lowest BCUT2D eigenvalue weighted by atomic mass is 9.74. The number of fused-ring (bicyclic) bond motifs is 5. The smallest absolute Gasteiger partial charge is 0.224 e. The zero-order valence-electron chi connectivity index (χ0n) is 11.0. The van der Waals surface area contributed by atoms with Crippen LogP contribution < -0.4 is 10.1 Å². The predicted octanol–water partition coefficient (Wildman–Crippen LogP) is 0.427. The fourth-order valence-corrected chi connectivity index (χ4v) is 3.59. The first-order valence-electron chi connectivity index (χ1n) is 7.09. The number of rotatable bonds is 3. The van der Waals surface area contributed by atoms with Crippen molar-refractivity contribution in [3.63, 3.8) is 0 Å². The summed E-state index contributed by atoms with van der Waals surface area (Å²) in [7, 11) is 0. The maximum atomic E-state index is 12.3. The van der Waals surface area contributed by atoms with Crippen molar-refractivity contribution in [3.05, 3.63) is 29.8 Å². The number of epoxide rings is 1. The van der Waals surface area contributed by atoms with Crippen LogP contribution in [0.25, 0.3) is 0 Å². The molecule has 5 heteroatoms. The Hall–Kier alpha value is -1.59. The average molecular weight is 275 g/mol. The van der Waals surface area contributed by atoms with E-state index in [1.54, 1.807) is 0 Å². The fraction of sp³-hybridized carbons (Fsp3) is 0.533. The van der Waals surface area contributed by atoms with Crippen molar-refractivity contribution in [2.75, 3.05) is 13.2 Å². The highest BCUT2D eigenvalue weighted by Crippen LogP contribution is 2.54. The van der Waals surface area contributed by atoms with Crippen LogP contribution in [0.3, 0.4) is 0 Å². The predicted molar refractivity (Wildman–Crippen MR) is 70.5 cm³/mol. The molecule has 106 valence electrons. The van der Waals surface area contributed by atoms with Crippen LogP contribution in [0.5, 0.6) is 5.75 Å². The van der Waals surface area contributed by atoms with Crippen molar-refractivity contribution in [2.24, 2.45) is 5.92 Å². The number of aliphatic hydroxyl groups is 1. The van der Waals surface area contributed by atoms with E-state index in [4.69, 9.17) is 14.6 Å². The van der Waals surface area contributed by atoms with E-state index >= 15 is 0 Å². The van der Waals surface area contributed by atoms with E-state index < -0.39 is 0 Å². The first-order chi connectivity index (χ1) is 9.79. The van der Waals surface area contributed by atoms with E-state index in [9.17, 15) is 4.79 Å². The van der Waals surface area contributed by atoms with Crippen LogP contribution >= 0.6 is 0 Å². The lowest BCUT2D eigenvalue weighted by Crippen LogP contribution is -2.44. The molecule has 5 atom stereocenters. The molecule has 2 aliphatic heterocycles. The minimum Gasteiger partial charge on any atom is -0.487 e. The van der Waals surface area contributed by atoms with Gasteiger partial charge in [-0.25, -0.2) is 0 Å². The summed E-state index contributed by atoms with van der Waals surface area (Å²) in [5.74, 6) is 0.787. The zero-order valence-corrected chi connectivity index (χ0v) is 11.0. The van der Waals surface area contributed by atoms with Gasteiger partial charge in [0.05, 0.1) is 18.6 Å². The van der Waals surface area contributed by atoms with Gasteiger partial charge in [-0.15, -0.1) is 0 Å². The van der Waals surface area contributed by atoms with Gasteiger partial charge in [0.2, 0.25) is 5.91 Å². The molecule has 4 rings (SSSR count). The first kappa shape index (κ1) is 12.2. The van der Waals surface area contributed by atoms with Gasteiger partial charge in [-0.3, -0.25) is 4.79 Å². The monoisotopic (exact) mass is 275 g/mol. The van der Waals surface area contributed by atoms with E-state index in [2.05, 4.69) is 5.32 Å². The van der Waals surface area contributed by atoms with Crippen LogP contribution in [0.1, 0.15) is 17.9 Å². The Morgan fingerprint density at radius 2 is 2.20 bits per heavy atom. The number of hydrogen-bond donors (Lipinski definition) is 2. The maximum absolute atomic E-state index is 12.3. The lowest BCUT2D eigenvalue weighted by molar-refractivity contribution is -0.127. The first-order valence-corrected chi connectivity index (χ1v) is 7.09. The van der Waals surface area contributed by atoms with Gasteiger partial charge in [-0.05, 0) is 12.5 Å². The molecule has 1 aromatic carbocycles. The highest BCUT2D eigenvalue weighted by molar-refractivity contribution is 5.80. The number of benzene rings is 1. The highest BCUT2D eigenvalue weighted by Gasteiger charge is 2.61. The second-order valence-electron chi connectivity index (χ2n) is 5.64. The molecule has 1 saturated carbocycles. The van der Waals surface area contributed by atoms with Crippen LogP contribution in [0.15, 0.2) is 24.3 Å². The van der Waals surface area contributed by atoms with Crippen molar-refractivity contribution in [1.82, 2.24) is 5.32 Å². The summed E-state index contributed by atoms with van der Waals surface area (Å²) in [5, 5.41) is 11.6. The molecule has 1 amide bonds. The van der Waals surface area contributed by atoms with Gasteiger partial charge in [-0.1, -0.05) is 18.2 Å². The standard InChI is InChI=1S/C15H17NO4/c17-6-5-16-15(18)9-7-11-13(20-11)14-12(9)8-3-1-2-4-10(8)19-14/h1-4,9,11-14,17H,5-7H2,(H,16,18)/t9?,11-,12+,13-,14+/m1/s1. The fourth-order valence-electron chi connectivity index (χ4n) is 3.59. The largest absolute Gasteiger partial charge is 0.487 e. The number of carbonyl (C=O) groups excluding carboxylic acids is 1. The molecule has 2 heterocycles. The van der Waals surface area contributed by atoms with Gasteiger partial charge >= 0.3 is 0 Å². The molecular formula is C15H17NO4. The number of nitrogens with one attached hydrogen (secondary N) is 1. The Balaban J connectivity index is 1.64. The summed E-state index contributed by atoms with van der Waals surface area (Å²) < 4.78 is 11.6. The maximum Gasteiger partial charge on any atom is 0.224 e. The topological polar surface area (TPSA) is 71.1 Å². The summed E-state index contributed by atoms with van der Waals surface area (Å²) >= 11 is 0. The molecule has 0 radical (unpaired) electrons. The third kappa shape index (κ3) is 1.73. The molecule has 1 aromatic rings. The number of ether oxygens (including phenoxy) is 2. The summed E-state index contributed by atoms with van der Waals surface area (Å²) in [6.45, 7) is 0.256. The summed E-state index contributed by atoms with van der Waals surface area (Å²) in [6.07, 6.45) is 0.974. The van der Waals surface area contributed by atoms with E-state index in [0.29, 0.717) is 6.54 Å². The molecule has 1 aliphatic carbocycles. The number of amides is 1. The van der Waals surface area contributed by atoms with E-state index in [1.807, 2.05) is 24.3 Å². The van der Waals surface area contributed by atoms with Crippen LogP contribution in [0.4, 0.5) is 0 Å².